The number of phenolic OH excluding ortho intramolecular Hbond substituents is 1. The monoisotopic (exact) mass is 419 g/mol. The van der Waals surface area contributed by atoms with Gasteiger partial charge < -0.3 is 14.7 Å². The molecule has 3 aromatic rings. The van der Waals surface area contributed by atoms with Crippen LogP contribution in [0.25, 0.3) is 0 Å². The number of carbonyl (C=O) groups is 1. The molecule has 1 aliphatic heterocycles. The van der Waals surface area contributed by atoms with Crippen LogP contribution in [-0.4, -0.2) is 29.6 Å². The average Bonchev–Trinajstić information content (AvgIpc) is 2.74. The first-order valence-electron chi connectivity index (χ1n) is 10.5. The second-order valence-electron chi connectivity index (χ2n) is 8.10. The van der Waals surface area contributed by atoms with Crippen molar-refractivity contribution in [2.24, 2.45) is 0 Å². The molecule has 1 heterocycles. The number of amides is 1. The van der Waals surface area contributed by atoms with Crippen LogP contribution in [0.1, 0.15) is 39.4 Å². The van der Waals surface area contributed by atoms with Crippen molar-refractivity contribution in [3.8, 4) is 11.5 Å². The summed E-state index contributed by atoms with van der Waals surface area (Å²) in [5.41, 5.74) is 6.16. The third-order valence-corrected chi connectivity index (χ3v) is 5.88. The largest absolute Gasteiger partial charge is 0.504 e. The van der Waals surface area contributed by atoms with Crippen LogP contribution in [-0.2, 0) is 17.6 Å². The highest BCUT2D eigenvalue weighted by molar-refractivity contribution is 5.58. The summed E-state index contributed by atoms with van der Waals surface area (Å²) in [6, 6.07) is 16.0. The number of benzene rings is 3. The number of aromatic hydroxyl groups is 1. The second-order valence-corrected chi connectivity index (χ2v) is 8.10. The molecule has 4 rings (SSSR count). The Hall–Kier alpha value is -3.34. The Morgan fingerprint density at radius 2 is 1.97 bits per heavy atom. The molecule has 0 saturated carbocycles. The van der Waals surface area contributed by atoms with Gasteiger partial charge in [-0.1, -0.05) is 35.9 Å². The number of rotatable bonds is 6. The van der Waals surface area contributed by atoms with Crippen molar-refractivity contribution in [2.45, 2.75) is 32.7 Å². The maximum Gasteiger partial charge on any atom is 0.210 e. The highest BCUT2D eigenvalue weighted by Crippen LogP contribution is 2.41. The third kappa shape index (κ3) is 4.41. The fourth-order valence-corrected chi connectivity index (χ4v) is 4.33. The van der Waals surface area contributed by atoms with Crippen LogP contribution in [0.3, 0.4) is 0 Å². The number of hydrogen-bond acceptors (Lipinski definition) is 3. The number of aryl methyl sites for hydroxylation is 2. The summed E-state index contributed by atoms with van der Waals surface area (Å²) in [6.45, 7) is 5.00. The van der Waals surface area contributed by atoms with Gasteiger partial charge in [0.25, 0.3) is 0 Å². The predicted octanol–water partition coefficient (Wildman–Crippen LogP) is 4.87. The summed E-state index contributed by atoms with van der Waals surface area (Å²) in [5, 5.41) is 10.5. The van der Waals surface area contributed by atoms with Crippen LogP contribution in [0.4, 0.5) is 4.39 Å². The summed E-state index contributed by atoms with van der Waals surface area (Å²) >= 11 is 0. The molecule has 160 valence electrons. The Morgan fingerprint density at radius 1 is 1.13 bits per heavy atom. The summed E-state index contributed by atoms with van der Waals surface area (Å²) in [4.78, 5) is 13.7. The van der Waals surface area contributed by atoms with Gasteiger partial charge in [-0.25, -0.2) is 4.39 Å². The van der Waals surface area contributed by atoms with Gasteiger partial charge in [-0.3, -0.25) is 4.79 Å². The zero-order valence-electron chi connectivity index (χ0n) is 17.8. The van der Waals surface area contributed by atoms with E-state index in [9.17, 15) is 14.3 Å². The van der Waals surface area contributed by atoms with Crippen molar-refractivity contribution in [1.29, 1.82) is 0 Å². The van der Waals surface area contributed by atoms with E-state index in [1.54, 1.807) is 17.0 Å². The molecule has 1 aliphatic rings. The number of fused-ring (bicyclic) bond motifs is 1. The Morgan fingerprint density at radius 3 is 2.71 bits per heavy atom. The lowest BCUT2D eigenvalue weighted by Gasteiger charge is -2.36. The molecule has 0 radical (unpaired) electrons. The molecule has 1 N–H and O–H groups in total. The van der Waals surface area contributed by atoms with Gasteiger partial charge in [-0.05, 0) is 72.4 Å². The smallest absolute Gasteiger partial charge is 0.210 e. The topological polar surface area (TPSA) is 49.8 Å². The molecule has 0 spiro atoms. The standard InChI is InChI=1S/C26H26FNO3/c1-17-6-7-22(18(2)12-17)26-23-15-25(24(30)14-20(23)8-10-28(26)16-29)31-11-9-19-4-3-5-21(27)13-19/h3-7,12-16,26,30H,8-11H2,1-2H3. The molecule has 4 nitrogen and oxygen atoms in total. The van der Waals surface area contributed by atoms with Crippen LogP contribution < -0.4 is 4.74 Å². The van der Waals surface area contributed by atoms with E-state index in [1.165, 1.54) is 17.7 Å². The maximum absolute atomic E-state index is 13.4. The number of phenols is 1. The number of carbonyl (C=O) groups excluding carboxylic acids is 1. The minimum atomic E-state index is -0.278. The van der Waals surface area contributed by atoms with E-state index >= 15 is 0 Å². The molecule has 0 bridgehead atoms. The summed E-state index contributed by atoms with van der Waals surface area (Å²) in [7, 11) is 0. The Labute approximate surface area is 181 Å². The van der Waals surface area contributed by atoms with E-state index in [2.05, 4.69) is 25.1 Å². The number of halogens is 1. The van der Waals surface area contributed by atoms with Gasteiger partial charge in [0.1, 0.15) is 5.82 Å². The van der Waals surface area contributed by atoms with Gasteiger partial charge in [-0.15, -0.1) is 0 Å². The zero-order valence-corrected chi connectivity index (χ0v) is 17.8. The lowest BCUT2D eigenvalue weighted by atomic mass is 9.86. The average molecular weight is 419 g/mol. The van der Waals surface area contributed by atoms with Crippen LogP contribution >= 0.6 is 0 Å². The van der Waals surface area contributed by atoms with Crippen LogP contribution in [0, 0.1) is 19.7 Å². The van der Waals surface area contributed by atoms with Crippen molar-refractivity contribution >= 4 is 6.41 Å². The highest BCUT2D eigenvalue weighted by atomic mass is 19.1. The quantitative estimate of drug-likeness (QED) is 0.580. The predicted molar refractivity (Wildman–Crippen MR) is 118 cm³/mol. The molecule has 1 unspecified atom stereocenters. The molecule has 0 aliphatic carbocycles. The lowest BCUT2D eigenvalue weighted by molar-refractivity contribution is -0.119. The normalized spacial score (nSPS) is 15.5. The fourth-order valence-electron chi connectivity index (χ4n) is 4.33. The van der Waals surface area contributed by atoms with Gasteiger partial charge in [-0.2, -0.15) is 0 Å². The van der Waals surface area contributed by atoms with E-state index in [-0.39, 0.29) is 17.6 Å². The molecule has 3 aromatic carbocycles. The van der Waals surface area contributed by atoms with Crippen molar-refractivity contribution in [3.63, 3.8) is 0 Å². The van der Waals surface area contributed by atoms with Gasteiger partial charge in [0.2, 0.25) is 6.41 Å². The molecule has 31 heavy (non-hydrogen) atoms. The van der Waals surface area contributed by atoms with Crippen molar-refractivity contribution in [3.05, 3.63) is 93.8 Å². The van der Waals surface area contributed by atoms with Gasteiger partial charge in [0.15, 0.2) is 11.5 Å². The molecule has 5 heteroatoms. The Kier molecular flexibility index (Phi) is 5.94. The molecule has 1 amide bonds. The van der Waals surface area contributed by atoms with E-state index in [0.717, 1.165) is 34.2 Å². The molecule has 0 fully saturated rings. The van der Waals surface area contributed by atoms with E-state index < -0.39 is 0 Å². The SMILES string of the molecule is Cc1ccc(C2c3cc(OCCc4cccc(F)c4)c(O)cc3CCN2C=O)c(C)c1. The maximum atomic E-state index is 13.4. The van der Waals surface area contributed by atoms with Crippen molar-refractivity contribution in [1.82, 2.24) is 4.90 Å². The van der Waals surface area contributed by atoms with Gasteiger partial charge in [0, 0.05) is 13.0 Å². The van der Waals surface area contributed by atoms with Crippen molar-refractivity contribution in [2.75, 3.05) is 13.2 Å². The van der Waals surface area contributed by atoms with Crippen LogP contribution in [0.2, 0.25) is 0 Å². The molecular formula is C26H26FNO3. The van der Waals surface area contributed by atoms with E-state index in [4.69, 9.17) is 4.74 Å². The first kappa shape index (κ1) is 20.9. The minimum Gasteiger partial charge on any atom is -0.504 e. The first-order chi connectivity index (χ1) is 15.0. The van der Waals surface area contributed by atoms with E-state index in [1.807, 2.05) is 19.1 Å². The van der Waals surface area contributed by atoms with Crippen molar-refractivity contribution < 1.29 is 19.0 Å². The molecular weight excluding hydrogens is 393 g/mol. The van der Waals surface area contributed by atoms with Gasteiger partial charge >= 0.3 is 0 Å². The van der Waals surface area contributed by atoms with Crippen LogP contribution in [0.5, 0.6) is 11.5 Å². The van der Waals surface area contributed by atoms with Crippen LogP contribution in [0.15, 0.2) is 54.6 Å². The number of hydrogen-bond donors (Lipinski definition) is 1. The summed E-state index contributed by atoms with van der Waals surface area (Å²) < 4.78 is 19.3. The second kappa shape index (κ2) is 8.80. The summed E-state index contributed by atoms with van der Waals surface area (Å²) in [5.74, 6) is 0.175. The lowest BCUT2D eigenvalue weighted by Crippen LogP contribution is -2.35. The third-order valence-electron chi connectivity index (χ3n) is 5.88. The van der Waals surface area contributed by atoms with Gasteiger partial charge in [0.05, 0.1) is 12.6 Å². The molecule has 1 atom stereocenters. The number of nitrogens with zero attached hydrogens (tertiary/aromatic N) is 1. The molecule has 0 aromatic heterocycles. The van der Waals surface area contributed by atoms with E-state index in [0.29, 0.717) is 31.7 Å². The molecule has 0 saturated heterocycles. The summed E-state index contributed by atoms with van der Waals surface area (Å²) in [6.07, 6.45) is 2.09. The fraction of sp³-hybridized carbons (Fsp3) is 0.269. The minimum absolute atomic E-state index is 0.0805. The Bertz CT molecular complexity index is 1110. The Balaban J connectivity index is 1.64. The zero-order chi connectivity index (χ0) is 22.0. The highest BCUT2D eigenvalue weighted by Gasteiger charge is 2.30. The number of ether oxygens (including phenoxy) is 1. The first-order valence-corrected chi connectivity index (χ1v) is 10.5.